The highest BCUT2D eigenvalue weighted by molar-refractivity contribution is 7.92. The number of aryl methyl sites for hydroxylation is 1. The lowest BCUT2D eigenvalue weighted by atomic mass is 9.72. The second-order valence-corrected chi connectivity index (χ2v) is 19.0. The maximum Gasteiger partial charge on any atom is 0.316 e. The van der Waals surface area contributed by atoms with Crippen molar-refractivity contribution in [2.24, 2.45) is 10.8 Å². The molecule has 12 nitrogen and oxygen atoms in total. The van der Waals surface area contributed by atoms with Crippen molar-refractivity contribution in [3.63, 3.8) is 0 Å². The van der Waals surface area contributed by atoms with Gasteiger partial charge in [0.05, 0.1) is 33.5 Å². The largest absolute Gasteiger partial charge is 0.471 e. The molecule has 53 heavy (non-hydrogen) atoms. The number of ether oxygens (including phenoxy) is 1. The highest BCUT2D eigenvalue weighted by Crippen LogP contribution is 2.38. The van der Waals surface area contributed by atoms with Gasteiger partial charge < -0.3 is 19.6 Å². The fraction of sp³-hybridized carbons (Fsp3) is 0.447. The summed E-state index contributed by atoms with van der Waals surface area (Å²) < 4.78 is 54.4. The molecule has 0 saturated carbocycles. The summed E-state index contributed by atoms with van der Waals surface area (Å²) in [7, 11) is -3.66. The Morgan fingerprint density at radius 2 is 1.47 bits per heavy atom. The third-order valence-electron chi connectivity index (χ3n) is 7.95. The topological polar surface area (TPSA) is 169 Å². The minimum atomic E-state index is -3.66. The number of hydrogen-bond donors (Lipinski definition) is 4. The lowest BCUT2D eigenvalue weighted by Gasteiger charge is -2.33. The van der Waals surface area contributed by atoms with Crippen molar-refractivity contribution in [3.05, 3.63) is 70.7 Å². The van der Waals surface area contributed by atoms with Gasteiger partial charge in [-0.1, -0.05) is 79.1 Å². The molecule has 2 unspecified atom stereocenters. The number of ketones is 1. The number of benzene rings is 3. The highest BCUT2D eigenvalue weighted by atomic mass is 35.5. The Morgan fingerprint density at radius 1 is 0.849 bits per heavy atom. The molecule has 3 aromatic carbocycles. The van der Waals surface area contributed by atoms with Gasteiger partial charge in [-0.3, -0.25) is 23.8 Å². The number of carbonyl (C=O) groups is 3. The van der Waals surface area contributed by atoms with Crippen LogP contribution in [0.5, 0.6) is 11.5 Å². The summed E-state index contributed by atoms with van der Waals surface area (Å²) in [5, 5.41) is 5.39. The molecule has 15 heteroatoms. The normalized spacial score (nSPS) is 13.4. The molecule has 0 bridgehead atoms. The van der Waals surface area contributed by atoms with Crippen LogP contribution in [0.3, 0.4) is 0 Å². The molecule has 3 aromatic rings. The lowest BCUT2D eigenvalue weighted by molar-refractivity contribution is -0.133. The number of amides is 2. The molecule has 0 aromatic heterocycles. The Morgan fingerprint density at radius 3 is 2.06 bits per heavy atom. The zero-order chi connectivity index (χ0) is 40.1. The summed E-state index contributed by atoms with van der Waals surface area (Å²) in [4.78, 5) is 39.2. The summed E-state index contributed by atoms with van der Waals surface area (Å²) in [5.41, 5.74) is 1.48. The summed E-state index contributed by atoms with van der Waals surface area (Å²) in [6.07, 6.45) is -0.788. The van der Waals surface area contributed by atoms with E-state index in [9.17, 15) is 27.0 Å². The van der Waals surface area contributed by atoms with Crippen LogP contribution in [0.25, 0.3) is 0 Å². The van der Waals surface area contributed by atoms with E-state index < -0.39 is 50.4 Å². The van der Waals surface area contributed by atoms with E-state index in [-0.39, 0.29) is 44.4 Å². The molecule has 4 N–H and O–H groups in total. The van der Waals surface area contributed by atoms with Crippen LogP contribution in [0.2, 0.25) is 5.02 Å². The van der Waals surface area contributed by atoms with Crippen molar-refractivity contribution >= 4 is 73.2 Å². The Balaban J connectivity index is 1.83. The second kappa shape index (κ2) is 16.9. The van der Waals surface area contributed by atoms with Crippen molar-refractivity contribution in [2.45, 2.75) is 94.1 Å². The Bertz CT molecular complexity index is 1990. The second-order valence-electron chi connectivity index (χ2n) is 15.7. The van der Waals surface area contributed by atoms with E-state index in [0.29, 0.717) is 11.4 Å². The van der Waals surface area contributed by atoms with Crippen LogP contribution in [-0.2, 0) is 41.1 Å². The zero-order valence-electron chi connectivity index (χ0n) is 32.1. The van der Waals surface area contributed by atoms with Crippen LogP contribution in [0.15, 0.2) is 54.6 Å². The minimum Gasteiger partial charge on any atom is -0.471 e. The summed E-state index contributed by atoms with van der Waals surface area (Å²) >= 11 is 4.36. The van der Waals surface area contributed by atoms with Gasteiger partial charge in [0.2, 0.25) is 22.0 Å². The fourth-order valence-corrected chi connectivity index (χ4v) is 6.92. The number of Topliss-reactive ketones (excluding diaryl/α,β-unsaturated/α-hetero) is 1. The number of rotatable bonds is 15. The Kier molecular flexibility index (Phi) is 13.8. The van der Waals surface area contributed by atoms with Gasteiger partial charge in [0, 0.05) is 5.41 Å². The van der Waals surface area contributed by atoms with Crippen LogP contribution in [0.4, 0.5) is 22.7 Å². The van der Waals surface area contributed by atoms with E-state index in [4.69, 9.17) is 20.5 Å². The average molecular weight is 791 g/mol. The number of nitrogens with one attached hydrogen (secondary N) is 4. The van der Waals surface area contributed by atoms with Gasteiger partial charge in [-0.15, -0.1) is 0 Å². The van der Waals surface area contributed by atoms with Crippen molar-refractivity contribution in [2.75, 3.05) is 25.8 Å². The van der Waals surface area contributed by atoms with E-state index in [2.05, 4.69) is 54.7 Å². The molecule has 0 saturated heterocycles. The van der Waals surface area contributed by atoms with Gasteiger partial charge in [0.1, 0.15) is 11.5 Å². The Hall–Kier alpha value is -4.14. The molecule has 0 spiro atoms. The quantitative estimate of drug-likeness (QED) is 0.112. The van der Waals surface area contributed by atoms with Crippen LogP contribution in [0, 0.1) is 17.8 Å². The number of anilines is 4. The van der Waals surface area contributed by atoms with Crippen molar-refractivity contribution in [1.29, 1.82) is 0 Å². The van der Waals surface area contributed by atoms with Crippen LogP contribution >= 0.6 is 11.6 Å². The molecule has 0 heterocycles. The predicted octanol–water partition coefficient (Wildman–Crippen LogP) is 8.15. The fourth-order valence-electron chi connectivity index (χ4n) is 5.42. The molecule has 0 aliphatic rings. The molecule has 2 atom stereocenters. The van der Waals surface area contributed by atoms with Gasteiger partial charge in [0.25, 0.3) is 5.91 Å². The summed E-state index contributed by atoms with van der Waals surface area (Å²) in [6.45, 7) is 20.4. The van der Waals surface area contributed by atoms with Gasteiger partial charge in [-0.25, -0.2) is 8.42 Å². The Labute approximate surface area is 321 Å². The highest BCUT2D eigenvalue weighted by Gasteiger charge is 2.30. The molecule has 3 rings (SSSR count). The van der Waals surface area contributed by atoms with Crippen molar-refractivity contribution in [1.82, 2.24) is 0 Å². The van der Waals surface area contributed by atoms with E-state index in [1.54, 1.807) is 26.8 Å². The van der Waals surface area contributed by atoms with Gasteiger partial charge in [-0.05, 0) is 91.6 Å². The smallest absolute Gasteiger partial charge is 0.316 e. The van der Waals surface area contributed by atoms with Crippen LogP contribution in [-0.4, -0.2) is 42.1 Å². The van der Waals surface area contributed by atoms with E-state index in [1.807, 2.05) is 25.1 Å². The molecule has 2 amide bonds. The summed E-state index contributed by atoms with van der Waals surface area (Å²) in [6, 6.07) is 14.4. The molecule has 0 aliphatic heterocycles. The molecule has 0 fully saturated rings. The number of halogens is 1. The first-order valence-electron chi connectivity index (χ1n) is 17.0. The standard InChI is InChI=1S/C38H51ClN4O8S2/c1-12-53(48,49)43-27-16-18-31(30(21-27)41-35(46)37(7,8)9)50-33(24(3)44)34(45)40-29-20-26(15-17-28(29)39)42-52(47)51-32-19-25(14-13-23(32)2)38(10,11)22-36(4,5)6/h13-21,33,42-43H,12,22H2,1-11H3,(H,40,45)(H,41,46). The molecular formula is C38H51ClN4O8S2. The molecular weight excluding hydrogens is 740 g/mol. The first-order valence-corrected chi connectivity index (χ1v) is 20.1. The molecule has 0 radical (unpaired) electrons. The molecule has 0 aliphatic carbocycles. The monoisotopic (exact) mass is 790 g/mol. The first kappa shape index (κ1) is 43.3. The van der Waals surface area contributed by atoms with Crippen molar-refractivity contribution < 1.29 is 35.9 Å². The van der Waals surface area contributed by atoms with Crippen molar-refractivity contribution in [3.8, 4) is 11.5 Å². The SMILES string of the molecule is CCS(=O)(=O)Nc1ccc(OC(C(C)=O)C(=O)Nc2cc(NS(=O)Oc3cc(C(C)(C)CC(C)(C)C)ccc3C)ccc2Cl)c(NC(=O)C(C)(C)C)c1. The maximum absolute atomic E-state index is 13.5. The van der Waals surface area contributed by atoms with Gasteiger partial charge >= 0.3 is 11.3 Å². The molecule has 290 valence electrons. The van der Waals surface area contributed by atoms with Crippen LogP contribution < -0.4 is 29.0 Å². The van der Waals surface area contributed by atoms with E-state index in [0.717, 1.165) is 24.5 Å². The van der Waals surface area contributed by atoms with E-state index >= 15 is 0 Å². The zero-order valence-corrected chi connectivity index (χ0v) is 34.5. The third kappa shape index (κ3) is 12.7. The average Bonchev–Trinajstić information content (AvgIpc) is 3.01. The van der Waals surface area contributed by atoms with Gasteiger partial charge in [-0.2, -0.15) is 4.21 Å². The summed E-state index contributed by atoms with van der Waals surface area (Å²) in [5.74, 6) is -1.78. The first-order chi connectivity index (χ1) is 24.3. The maximum atomic E-state index is 13.5. The third-order valence-corrected chi connectivity index (χ3v) is 10.3. The number of sulfonamides is 1. The predicted molar refractivity (Wildman–Crippen MR) is 213 cm³/mol. The van der Waals surface area contributed by atoms with Crippen LogP contribution in [0.1, 0.15) is 86.8 Å². The van der Waals surface area contributed by atoms with E-state index in [1.165, 1.54) is 37.3 Å². The minimum absolute atomic E-state index is 0.0329. The number of carbonyl (C=O) groups excluding carboxylic acids is 3. The lowest BCUT2D eigenvalue weighted by Crippen LogP contribution is -2.39. The number of hydrogen-bond acceptors (Lipinski definition) is 8. The van der Waals surface area contributed by atoms with Gasteiger partial charge in [0.15, 0.2) is 5.78 Å².